The topological polar surface area (TPSA) is 76.5 Å². The molecule has 0 saturated carbocycles. The van der Waals surface area contributed by atoms with Crippen LogP contribution in [-0.2, 0) is 16.1 Å². The maximum Gasteiger partial charge on any atom is 0.306 e. The Labute approximate surface area is 106 Å². The summed E-state index contributed by atoms with van der Waals surface area (Å²) in [4.78, 5) is 26.1. The van der Waals surface area contributed by atoms with Crippen molar-refractivity contribution < 1.29 is 19.4 Å². The number of esters is 1. The molecular weight excluding hydrogens is 234 g/mol. The zero-order chi connectivity index (χ0) is 13.5. The lowest BCUT2D eigenvalue weighted by Gasteiger charge is -2.09. The van der Waals surface area contributed by atoms with Gasteiger partial charge in [0, 0.05) is 18.2 Å². The Kier molecular flexibility index (Phi) is 5.30. The number of aryl methyl sites for hydroxylation is 1. The van der Waals surface area contributed by atoms with E-state index >= 15 is 0 Å². The van der Waals surface area contributed by atoms with Gasteiger partial charge in [-0.2, -0.15) is 0 Å². The van der Waals surface area contributed by atoms with E-state index in [0.717, 1.165) is 12.8 Å². The first-order valence-corrected chi connectivity index (χ1v) is 5.88. The van der Waals surface area contributed by atoms with Gasteiger partial charge in [0.15, 0.2) is 6.29 Å². The molecule has 1 aromatic rings. The molecule has 0 bridgehead atoms. The third kappa shape index (κ3) is 3.55. The highest BCUT2D eigenvalue weighted by Crippen LogP contribution is 2.22. The fraction of sp³-hybridized carbons (Fsp3) is 0.462. The molecule has 0 spiro atoms. The van der Waals surface area contributed by atoms with Crippen molar-refractivity contribution >= 4 is 12.3 Å². The van der Waals surface area contributed by atoms with E-state index in [1.54, 1.807) is 6.92 Å². The van der Waals surface area contributed by atoms with Crippen molar-refractivity contribution in [2.75, 3.05) is 0 Å². The highest BCUT2D eigenvalue weighted by atomic mass is 16.5. The van der Waals surface area contributed by atoms with E-state index in [0.29, 0.717) is 24.0 Å². The predicted octanol–water partition coefficient (Wildman–Crippen LogP) is 2.14. The molecule has 0 aliphatic rings. The Morgan fingerprint density at radius 3 is 2.89 bits per heavy atom. The minimum absolute atomic E-state index is 0.0442. The smallest absolute Gasteiger partial charge is 0.306 e. The van der Waals surface area contributed by atoms with Gasteiger partial charge in [0.25, 0.3) is 0 Å². The number of hydrogen-bond donors (Lipinski definition) is 1. The second-order valence-corrected chi connectivity index (χ2v) is 4.01. The SMILES string of the molecule is CCCCC(=O)OCc1cnc(C)c(O)c1C=O. The summed E-state index contributed by atoms with van der Waals surface area (Å²) in [5.74, 6) is -0.471. The van der Waals surface area contributed by atoms with E-state index < -0.39 is 0 Å². The quantitative estimate of drug-likeness (QED) is 0.619. The molecule has 0 aliphatic heterocycles. The number of carbonyl (C=O) groups is 2. The van der Waals surface area contributed by atoms with Crippen LogP contribution in [0, 0.1) is 6.92 Å². The fourth-order valence-electron chi connectivity index (χ4n) is 1.45. The van der Waals surface area contributed by atoms with Crippen LogP contribution in [0.5, 0.6) is 5.75 Å². The average Bonchev–Trinajstić information content (AvgIpc) is 2.37. The highest BCUT2D eigenvalue weighted by Gasteiger charge is 2.12. The number of unbranched alkanes of at least 4 members (excludes halogenated alkanes) is 1. The summed E-state index contributed by atoms with van der Waals surface area (Å²) in [6, 6.07) is 0. The Morgan fingerprint density at radius 2 is 2.28 bits per heavy atom. The predicted molar refractivity (Wildman–Crippen MR) is 65.3 cm³/mol. The van der Waals surface area contributed by atoms with E-state index in [-0.39, 0.29) is 23.9 Å². The maximum atomic E-state index is 11.3. The molecule has 5 heteroatoms. The first-order valence-electron chi connectivity index (χ1n) is 5.88. The number of ether oxygens (including phenoxy) is 1. The van der Waals surface area contributed by atoms with E-state index in [1.165, 1.54) is 6.20 Å². The standard InChI is InChI=1S/C13H17NO4/c1-3-4-5-12(16)18-8-10-6-14-9(2)13(17)11(10)7-15/h6-7,17H,3-5,8H2,1-2H3. The van der Waals surface area contributed by atoms with Crippen molar-refractivity contribution in [3.8, 4) is 5.75 Å². The lowest BCUT2D eigenvalue weighted by atomic mass is 10.1. The minimum atomic E-state index is -0.311. The number of carbonyl (C=O) groups excluding carboxylic acids is 2. The molecule has 1 aromatic heterocycles. The average molecular weight is 251 g/mol. The van der Waals surface area contributed by atoms with Gasteiger partial charge < -0.3 is 9.84 Å². The lowest BCUT2D eigenvalue weighted by molar-refractivity contribution is -0.145. The third-order valence-electron chi connectivity index (χ3n) is 2.60. The monoisotopic (exact) mass is 251 g/mol. The van der Waals surface area contributed by atoms with Crippen LogP contribution < -0.4 is 0 Å². The molecule has 1 rings (SSSR count). The van der Waals surface area contributed by atoms with Gasteiger partial charge in [0.2, 0.25) is 0 Å². The Morgan fingerprint density at radius 1 is 1.56 bits per heavy atom. The summed E-state index contributed by atoms with van der Waals surface area (Å²) in [5.41, 5.74) is 0.918. The van der Waals surface area contributed by atoms with Crippen molar-refractivity contribution in [1.82, 2.24) is 4.98 Å². The van der Waals surface area contributed by atoms with Crippen molar-refractivity contribution in [3.05, 3.63) is 23.0 Å². The number of aromatic nitrogens is 1. The summed E-state index contributed by atoms with van der Waals surface area (Å²) in [6.45, 7) is 3.54. The molecule has 98 valence electrons. The molecule has 0 aromatic carbocycles. The van der Waals surface area contributed by atoms with Gasteiger partial charge in [-0.1, -0.05) is 13.3 Å². The molecule has 0 fully saturated rings. The molecule has 0 saturated heterocycles. The number of aromatic hydroxyl groups is 1. The summed E-state index contributed by atoms with van der Waals surface area (Å²) >= 11 is 0. The minimum Gasteiger partial charge on any atom is -0.505 e. The first kappa shape index (κ1) is 14.2. The van der Waals surface area contributed by atoms with Crippen molar-refractivity contribution in [2.45, 2.75) is 39.7 Å². The van der Waals surface area contributed by atoms with Crippen LogP contribution in [-0.4, -0.2) is 22.3 Å². The molecule has 0 aliphatic carbocycles. The van der Waals surface area contributed by atoms with Gasteiger partial charge in [-0.05, 0) is 13.3 Å². The van der Waals surface area contributed by atoms with Crippen LogP contribution in [0.3, 0.4) is 0 Å². The van der Waals surface area contributed by atoms with Crippen molar-refractivity contribution in [3.63, 3.8) is 0 Å². The first-order chi connectivity index (χ1) is 8.60. The molecule has 1 N–H and O–H groups in total. The van der Waals surface area contributed by atoms with Gasteiger partial charge >= 0.3 is 5.97 Å². The van der Waals surface area contributed by atoms with Gasteiger partial charge in [-0.3, -0.25) is 14.6 Å². The Bertz CT molecular complexity index is 443. The largest absolute Gasteiger partial charge is 0.505 e. The summed E-state index contributed by atoms with van der Waals surface area (Å²) < 4.78 is 5.02. The highest BCUT2D eigenvalue weighted by molar-refractivity contribution is 5.81. The zero-order valence-corrected chi connectivity index (χ0v) is 10.6. The van der Waals surface area contributed by atoms with Crippen LogP contribution in [0.15, 0.2) is 6.20 Å². The van der Waals surface area contributed by atoms with Crippen LogP contribution in [0.25, 0.3) is 0 Å². The second kappa shape index (κ2) is 6.74. The molecule has 18 heavy (non-hydrogen) atoms. The summed E-state index contributed by atoms with van der Waals surface area (Å²) in [7, 11) is 0. The number of hydrogen-bond acceptors (Lipinski definition) is 5. The van der Waals surface area contributed by atoms with Gasteiger partial charge in [0.1, 0.15) is 12.4 Å². The molecule has 0 radical (unpaired) electrons. The van der Waals surface area contributed by atoms with Crippen molar-refractivity contribution in [1.29, 1.82) is 0 Å². The maximum absolute atomic E-state index is 11.3. The number of pyridine rings is 1. The van der Waals surface area contributed by atoms with Crippen molar-refractivity contribution in [2.24, 2.45) is 0 Å². The van der Waals surface area contributed by atoms with Gasteiger partial charge in [0.05, 0.1) is 11.3 Å². The van der Waals surface area contributed by atoms with Gasteiger partial charge in [-0.25, -0.2) is 0 Å². The molecular formula is C13H17NO4. The second-order valence-electron chi connectivity index (χ2n) is 4.01. The normalized spacial score (nSPS) is 10.1. The zero-order valence-electron chi connectivity index (χ0n) is 10.6. The van der Waals surface area contributed by atoms with Crippen LogP contribution >= 0.6 is 0 Å². The third-order valence-corrected chi connectivity index (χ3v) is 2.60. The Hall–Kier alpha value is -1.91. The van der Waals surface area contributed by atoms with Crippen LogP contribution in [0.2, 0.25) is 0 Å². The lowest BCUT2D eigenvalue weighted by Crippen LogP contribution is -2.06. The van der Waals surface area contributed by atoms with E-state index in [1.807, 2.05) is 6.92 Å². The number of aldehydes is 1. The van der Waals surface area contributed by atoms with E-state index in [2.05, 4.69) is 4.98 Å². The fourth-order valence-corrected chi connectivity index (χ4v) is 1.45. The molecule has 0 unspecified atom stereocenters. The van der Waals surface area contributed by atoms with E-state index in [9.17, 15) is 14.7 Å². The summed E-state index contributed by atoms with van der Waals surface area (Å²) in [5, 5.41) is 9.65. The van der Waals surface area contributed by atoms with E-state index in [4.69, 9.17) is 4.74 Å². The molecule has 0 atom stereocenters. The molecule has 0 amide bonds. The molecule has 5 nitrogen and oxygen atoms in total. The number of nitrogens with zero attached hydrogens (tertiary/aromatic N) is 1. The number of rotatable bonds is 6. The van der Waals surface area contributed by atoms with Crippen LogP contribution in [0.4, 0.5) is 0 Å². The van der Waals surface area contributed by atoms with Gasteiger partial charge in [-0.15, -0.1) is 0 Å². The summed E-state index contributed by atoms with van der Waals surface area (Å²) in [6.07, 6.45) is 4.03. The molecule has 1 heterocycles. The van der Waals surface area contributed by atoms with Crippen LogP contribution in [0.1, 0.15) is 47.8 Å². The Balaban J connectivity index is 2.70.